The van der Waals surface area contributed by atoms with Gasteiger partial charge >= 0.3 is 11.6 Å². The van der Waals surface area contributed by atoms with E-state index in [1.54, 1.807) is 48.5 Å². The van der Waals surface area contributed by atoms with Gasteiger partial charge in [-0.3, -0.25) is 4.79 Å². The summed E-state index contributed by atoms with van der Waals surface area (Å²) in [6.07, 6.45) is 0. The van der Waals surface area contributed by atoms with Gasteiger partial charge in [0.05, 0.1) is 5.39 Å². The Morgan fingerprint density at radius 3 is 2.73 bits per heavy atom. The molecule has 26 heavy (non-hydrogen) atoms. The summed E-state index contributed by atoms with van der Waals surface area (Å²) in [4.78, 5) is 36.5. The van der Waals surface area contributed by atoms with Crippen LogP contribution in [0.4, 0.5) is 0 Å². The molecule has 8 heteroatoms. The highest BCUT2D eigenvalue weighted by molar-refractivity contribution is 5.92. The van der Waals surface area contributed by atoms with E-state index in [0.717, 1.165) is 4.68 Å². The van der Waals surface area contributed by atoms with E-state index in [1.165, 1.54) is 6.07 Å². The van der Waals surface area contributed by atoms with Crippen molar-refractivity contribution >= 4 is 27.8 Å². The molecule has 0 bridgehead atoms. The molecular formula is C18H11N3O5. The number of carbonyl (C=O) groups is 1. The number of aromatic nitrogens is 3. The second-order valence-corrected chi connectivity index (χ2v) is 5.46. The summed E-state index contributed by atoms with van der Waals surface area (Å²) < 4.78 is 11.0. The number of nitrogens with zero attached hydrogens (tertiary/aromatic N) is 3. The molecule has 0 spiro atoms. The summed E-state index contributed by atoms with van der Waals surface area (Å²) in [5.74, 6) is -0.911. The number of ether oxygens (including phenoxy) is 1. The molecule has 2 aromatic heterocycles. The lowest BCUT2D eigenvalue weighted by Crippen LogP contribution is -2.27. The minimum absolute atomic E-state index is 0.259. The zero-order valence-corrected chi connectivity index (χ0v) is 13.3. The lowest BCUT2D eigenvalue weighted by molar-refractivity contribution is 0.0331. The van der Waals surface area contributed by atoms with Crippen molar-refractivity contribution in [1.82, 2.24) is 15.0 Å². The van der Waals surface area contributed by atoms with Crippen molar-refractivity contribution in [3.8, 4) is 0 Å². The van der Waals surface area contributed by atoms with E-state index in [1.807, 2.05) is 0 Å². The van der Waals surface area contributed by atoms with Gasteiger partial charge < -0.3 is 9.15 Å². The van der Waals surface area contributed by atoms with E-state index in [-0.39, 0.29) is 5.56 Å². The zero-order chi connectivity index (χ0) is 18.1. The average Bonchev–Trinajstić information content (AvgIpc) is 2.67. The van der Waals surface area contributed by atoms with Gasteiger partial charge in [-0.2, -0.15) is 4.68 Å². The fraction of sp³-hybridized carbons (Fsp3) is 0.0556. The van der Waals surface area contributed by atoms with Crippen LogP contribution in [0.1, 0.15) is 10.4 Å². The van der Waals surface area contributed by atoms with Crippen LogP contribution in [0.3, 0.4) is 0 Å². The van der Waals surface area contributed by atoms with Crippen LogP contribution < -0.4 is 11.2 Å². The van der Waals surface area contributed by atoms with Crippen LogP contribution in [0.15, 0.2) is 68.6 Å². The largest absolute Gasteiger partial charge is 0.438 e. The Labute approximate surface area is 145 Å². The molecule has 0 aliphatic carbocycles. The number of rotatable bonds is 3. The lowest BCUT2D eigenvalue weighted by Gasteiger charge is -2.06. The number of benzene rings is 2. The standard InChI is InChI=1S/C18H11N3O5/c22-16-12-6-2-3-7-14(12)19-20-21(16)10-25-17(23)13-9-11-5-1-4-8-15(11)26-18(13)24/h1-9H,10H2. The van der Waals surface area contributed by atoms with Crippen LogP contribution in [0.5, 0.6) is 0 Å². The Morgan fingerprint density at radius 1 is 1.08 bits per heavy atom. The van der Waals surface area contributed by atoms with Gasteiger partial charge in [0.25, 0.3) is 5.56 Å². The maximum Gasteiger partial charge on any atom is 0.351 e. The average molecular weight is 349 g/mol. The fourth-order valence-electron chi connectivity index (χ4n) is 2.51. The monoisotopic (exact) mass is 349 g/mol. The number of hydrogen-bond acceptors (Lipinski definition) is 7. The van der Waals surface area contributed by atoms with Gasteiger partial charge in [0, 0.05) is 5.39 Å². The molecule has 0 amide bonds. The molecule has 2 heterocycles. The van der Waals surface area contributed by atoms with E-state index in [4.69, 9.17) is 9.15 Å². The van der Waals surface area contributed by atoms with Crippen LogP contribution in [0, 0.1) is 0 Å². The van der Waals surface area contributed by atoms with Crippen molar-refractivity contribution in [2.24, 2.45) is 0 Å². The molecule has 0 saturated carbocycles. The van der Waals surface area contributed by atoms with E-state index in [2.05, 4.69) is 10.3 Å². The predicted octanol–water partition coefficient (Wildman–Crippen LogP) is 1.71. The van der Waals surface area contributed by atoms with Crippen molar-refractivity contribution < 1.29 is 13.9 Å². The van der Waals surface area contributed by atoms with Crippen molar-refractivity contribution in [2.45, 2.75) is 6.73 Å². The summed E-state index contributed by atoms with van der Waals surface area (Å²) >= 11 is 0. The normalized spacial score (nSPS) is 10.9. The molecule has 0 fully saturated rings. The molecule has 0 unspecified atom stereocenters. The van der Waals surface area contributed by atoms with Crippen LogP contribution in [0.25, 0.3) is 21.9 Å². The van der Waals surface area contributed by atoms with Crippen LogP contribution >= 0.6 is 0 Å². The van der Waals surface area contributed by atoms with Gasteiger partial charge in [-0.25, -0.2) is 9.59 Å². The first-order valence-corrected chi connectivity index (χ1v) is 7.66. The zero-order valence-electron chi connectivity index (χ0n) is 13.3. The van der Waals surface area contributed by atoms with E-state index in [0.29, 0.717) is 21.9 Å². The summed E-state index contributed by atoms with van der Waals surface area (Å²) in [7, 11) is 0. The highest BCUT2D eigenvalue weighted by Gasteiger charge is 2.16. The SMILES string of the molecule is O=C(OCn1nnc2ccccc2c1=O)c1cc2ccccc2oc1=O. The molecule has 8 nitrogen and oxygen atoms in total. The maximum absolute atomic E-state index is 12.3. The third-order valence-electron chi connectivity index (χ3n) is 3.81. The van der Waals surface area contributed by atoms with Gasteiger partial charge in [0.15, 0.2) is 6.73 Å². The molecule has 0 saturated heterocycles. The van der Waals surface area contributed by atoms with Gasteiger partial charge in [-0.1, -0.05) is 35.5 Å². The van der Waals surface area contributed by atoms with Crippen molar-refractivity contribution in [3.63, 3.8) is 0 Å². The predicted molar refractivity (Wildman–Crippen MR) is 91.7 cm³/mol. The van der Waals surface area contributed by atoms with Gasteiger partial charge in [-0.15, -0.1) is 5.10 Å². The first-order chi connectivity index (χ1) is 12.6. The van der Waals surface area contributed by atoms with Crippen LogP contribution in [-0.2, 0) is 11.5 Å². The third kappa shape index (κ3) is 2.73. The second-order valence-electron chi connectivity index (χ2n) is 5.46. The maximum atomic E-state index is 12.3. The molecule has 128 valence electrons. The minimum atomic E-state index is -0.911. The molecule has 2 aromatic carbocycles. The lowest BCUT2D eigenvalue weighted by atomic mass is 10.2. The molecule has 0 N–H and O–H groups in total. The van der Waals surface area contributed by atoms with Crippen LogP contribution in [0.2, 0.25) is 0 Å². The summed E-state index contributed by atoms with van der Waals surface area (Å²) in [5.41, 5.74) is -0.717. The molecule has 0 atom stereocenters. The van der Waals surface area contributed by atoms with Crippen molar-refractivity contribution in [2.75, 3.05) is 0 Å². The highest BCUT2D eigenvalue weighted by Crippen LogP contribution is 2.13. The first-order valence-electron chi connectivity index (χ1n) is 7.66. The molecule has 0 radical (unpaired) electrons. The van der Waals surface area contributed by atoms with E-state index in [9.17, 15) is 14.4 Å². The molecule has 0 aliphatic heterocycles. The molecular weight excluding hydrogens is 338 g/mol. The summed E-state index contributed by atoms with van der Waals surface area (Å²) in [5, 5.41) is 8.55. The smallest absolute Gasteiger partial charge is 0.351 e. The highest BCUT2D eigenvalue weighted by atomic mass is 16.5. The molecule has 0 aliphatic rings. The van der Waals surface area contributed by atoms with Gasteiger partial charge in [-0.05, 0) is 24.3 Å². The third-order valence-corrected chi connectivity index (χ3v) is 3.81. The number of para-hydroxylation sites is 1. The van der Waals surface area contributed by atoms with E-state index >= 15 is 0 Å². The second kappa shape index (κ2) is 6.25. The Kier molecular flexibility index (Phi) is 3.77. The van der Waals surface area contributed by atoms with Crippen molar-refractivity contribution in [1.29, 1.82) is 0 Å². The van der Waals surface area contributed by atoms with Gasteiger partial charge in [0.1, 0.15) is 16.7 Å². The Bertz CT molecular complexity index is 1260. The topological polar surface area (TPSA) is 104 Å². The first kappa shape index (κ1) is 15.7. The van der Waals surface area contributed by atoms with Gasteiger partial charge in [0.2, 0.25) is 0 Å². The quantitative estimate of drug-likeness (QED) is 0.409. The number of fused-ring (bicyclic) bond motifs is 2. The Balaban J connectivity index is 1.62. The number of hydrogen-bond donors (Lipinski definition) is 0. The summed E-state index contributed by atoms with van der Waals surface area (Å²) in [6, 6.07) is 14.9. The Morgan fingerprint density at radius 2 is 1.85 bits per heavy atom. The minimum Gasteiger partial charge on any atom is -0.438 e. The van der Waals surface area contributed by atoms with Crippen LogP contribution in [-0.4, -0.2) is 21.0 Å². The fourth-order valence-corrected chi connectivity index (χ4v) is 2.51. The number of carbonyl (C=O) groups excluding carboxylic acids is 1. The Hall–Kier alpha value is -3.81. The number of esters is 1. The molecule has 4 rings (SSSR count). The van der Waals surface area contributed by atoms with E-state index < -0.39 is 23.9 Å². The molecule has 4 aromatic rings. The summed E-state index contributed by atoms with van der Waals surface area (Å²) in [6.45, 7) is -0.470. The van der Waals surface area contributed by atoms with Crippen molar-refractivity contribution in [3.05, 3.63) is 80.9 Å².